The van der Waals surface area contributed by atoms with Crippen LogP contribution >= 0.6 is 11.6 Å². The predicted molar refractivity (Wildman–Crippen MR) is 246 cm³/mol. The van der Waals surface area contributed by atoms with Gasteiger partial charge in [-0.2, -0.15) is 0 Å². The summed E-state index contributed by atoms with van der Waals surface area (Å²) < 4.78 is 4.07. The van der Waals surface area contributed by atoms with Crippen molar-refractivity contribution in [2.24, 2.45) is 20.0 Å². The monoisotopic (exact) mass is 831 g/mol. The highest BCUT2D eigenvalue weighted by Crippen LogP contribution is 2.38. The molecule has 1 fully saturated rings. The van der Waals surface area contributed by atoms with Gasteiger partial charge in [0.1, 0.15) is 0 Å². The number of aromatic nitrogens is 4. The molecule has 2 aromatic carbocycles. The Hall–Kier alpha value is -4.45. The number of hydrogen-bond donors (Lipinski definition) is 3. The number of likely N-dealkylation sites (N-methyl/N-ethyl adjacent to an activating group) is 1. The standard InChI is InChI=1S/C24H28ClN5.C11H17N3O.C7H12O2.C3H8.C2H6/c1-15-17(8-6-10-19(15)26-3)18-9-7-11-20(23(18)25)27-16(2)24-28-21-14-29(4)13-12-22(21)30(24)5;1-3-5-14-6-4-10-9(7-14)12-11(8-15)13(10)2;8-7(9)6-4-2-1-3-5-6;1-3-2;1-2/h6-11,26-27H,2,12-14H2,1,3-5H3;8H,3-7H2,1-2H3;6H,1-5H2,(H,8,9);3H2,1-2H3;1-2H3. The number of halogens is 1. The van der Waals surface area contributed by atoms with Crippen molar-refractivity contribution in [3.8, 4) is 11.1 Å². The molecular weight excluding hydrogens is 760 g/mol. The van der Waals surface area contributed by atoms with Crippen LogP contribution in [0.1, 0.15) is 124 Å². The van der Waals surface area contributed by atoms with E-state index >= 15 is 0 Å². The molecule has 0 bridgehead atoms. The van der Waals surface area contributed by atoms with E-state index in [-0.39, 0.29) is 5.92 Å². The maximum absolute atomic E-state index is 10.8. The lowest BCUT2D eigenvalue weighted by molar-refractivity contribution is -0.142. The van der Waals surface area contributed by atoms with Gasteiger partial charge < -0.3 is 29.8 Å². The van der Waals surface area contributed by atoms with Gasteiger partial charge in [-0.15, -0.1) is 0 Å². The Morgan fingerprint density at radius 2 is 1.49 bits per heavy atom. The maximum atomic E-state index is 10.8. The molecule has 0 spiro atoms. The molecule has 12 heteroatoms. The minimum absolute atomic E-state index is 0.0289. The van der Waals surface area contributed by atoms with E-state index in [0.717, 1.165) is 123 Å². The molecule has 1 saturated carbocycles. The summed E-state index contributed by atoms with van der Waals surface area (Å²) in [7, 11) is 8.04. The van der Waals surface area contributed by atoms with Crippen molar-refractivity contribution in [3.63, 3.8) is 0 Å². The Bertz CT molecular complexity index is 1960. The van der Waals surface area contributed by atoms with Gasteiger partial charge in [0.15, 0.2) is 17.9 Å². The molecule has 0 saturated heterocycles. The van der Waals surface area contributed by atoms with E-state index in [1.165, 1.54) is 36.2 Å². The number of anilines is 2. The van der Waals surface area contributed by atoms with E-state index in [4.69, 9.17) is 21.7 Å². The summed E-state index contributed by atoms with van der Waals surface area (Å²) in [5, 5.41) is 15.9. The fourth-order valence-corrected chi connectivity index (χ4v) is 8.02. The van der Waals surface area contributed by atoms with Crippen LogP contribution in [-0.2, 0) is 44.8 Å². The first-order chi connectivity index (χ1) is 28.4. The largest absolute Gasteiger partial charge is 0.481 e. The average molecular weight is 832 g/mol. The quantitative estimate of drug-likeness (QED) is 0.142. The minimum atomic E-state index is -0.602. The molecule has 3 aliphatic rings. The smallest absolute Gasteiger partial charge is 0.306 e. The van der Waals surface area contributed by atoms with Crippen molar-refractivity contribution in [1.82, 2.24) is 28.9 Å². The first-order valence-electron chi connectivity index (χ1n) is 21.6. The number of carbonyl (C=O) groups excluding carboxylic acids is 1. The van der Waals surface area contributed by atoms with E-state index in [1.807, 2.05) is 56.8 Å². The van der Waals surface area contributed by atoms with Crippen molar-refractivity contribution in [1.29, 1.82) is 0 Å². The average Bonchev–Trinajstić information content (AvgIpc) is 3.75. The third-order valence-electron chi connectivity index (χ3n) is 10.9. The minimum Gasteiger partial charge on any atom is -0.481 e. The third kappa shape index (κ3) is 13.0. The summed E-state index contributed by atoms with van der Waals surface area (Å²) in [4.78, 5) is 35.0. The highest BCUT2D eigenvalue weighted by atomic mass is 35.5. The second kappa shape index (κ2) is 24.6. The fraction of sp³-hybridized carbons (Fsp3) is 0.532. The molecule has 2 aromatic heterocycles. The molecule has 2 aliphatic heterocycles. The van der Waals surface area contributed by atoms with Crippen LogP contribution in [-0.4, -0.2) is 80.0 Å². The zero-order chi connectivity index (χ0) is 43.6. The van der Waals surface area contributed by atoms with Gasteiger partial charge in [-0.05, 0) is 63.0 Å². The molecule has 3 N–H and O–H groups in total. The molecule has 0 unspecified atom stereocenters. The number of nitrogens with zero attached hydrogens (tertiary/aromatic N) is 6. The highest BCUT2D eigenvalue weighted by molar-refractivity contribution is 6.36. The zero-order valence-corrected chi connectivity index (χ0v) is 38.3. The van der Waals surface area contributed by atoms with Crippen LogP contribution < -0.4 is 10.6 Å². The Labute approximate surface area is 359 Å². The molecule has 0 radical (unpaired) electrons. The van der Waals surface area contributed by atoms with Crippen molar-refractivity contribution >= 4 is 40.9 Å². The molecule has 7 rings (SSSR count). The number of benzene rings is 2. The van der Waals surface area contributed by atoms with Gasteiger partial charge in [0, 0.05) is 82.8 Å². The predicted octanol–water partition coefficient (Wildman–Crippen LogP) is 10.3. The normalized spacial score (nSPS) is 14.9. The molecule has 59 heavy (non-hydrogen) atoms. The summed E-state index contributed by atoms with van der Waals surface area (Å²) in [6, 6.07) is 12.2. The molecule has 324 valence electrons. The number of aldehydes is 1. The number of hydrogen-bond acceptors (Lipinski definition) is 8. The van der Waals surface area contributed by atoms with Crippen LogP contribution in [0.3, 0.4) is 0 Å². The lowest BCUT2D eigenvalue weighted by Gasteiger charge is -2.25. The van der Waals surface area contributed by atoms with Gasteiger partial charge in [-0.3, -0.25) is 14.5 Å². The Morgan fingerprint density at radius 3 is 2.08 bits per heavy atom. The number of carboxylic acids is 1. The highest BCUT2D eigenvalue weighted by Gasteiger charge is 2.24. The second-order valence-electron chi connectivity index (χ2n) is 15.3. The van der Waals surface area contributed by atoms with Crippen LogP contribution in [0.4, 0.5) is 11.4 Å². The summed E-state index contributed by atoms with van der Waals surface area (Å²) in [5.41, 5.74) is 10.6. The fourth-order valence-electron chi connectivity index (χ4n) is 7.75. The number of nitrogens with one attached hydrogen (secondary N) is 2. The lowest BCUT2D eigenvalue weighted by atomic mass is 9.90. The van der Waals surface area contributed by atoms with Crippen molar-refractivity contribution in [2.75, 3.05) is 44.4 Å². The van der Waals surface area contributed by atoms with Crippen LogP contribution in [0.15, 0.2) is 43.0 Å². The first-order valence-corrected chi connectivity index (χ1v) is 22.0. The molecule has 11 nitrogen and oxygen atoms in total. The van der Waals surface area contributed by atoms with E-state index in [9.17, 15) is 9.59 Å². The van der Waals surface area contributed by atoms with E-state index in [1.54, 1.807) is 0 Å². The van der Waals surface area contributed by atoms with Crippen molar-refractivity contribution in [3.05, 3.63) is 88.0 Å². The second-order valence-corrected chi connectivity index (χ2v) is 15.7. The number of imidazole rings is 2. The van der Waals surface area contributed by atoms with E-state index in [2.05, 4.69) is 90.5 Å². The third-order valence-corrected chi connectivity index (χ3v) is 11.3. The van der Waals surface area contributed by atoms with Gasteiger partial charge in [-0.25, -0.2) is 9.97 Å². The van der Waals surface area contributed by atoms with Crippen LogP contribution in [0, 0.1) is 12.8 Å². The number of fused-ring (bicyclic) bond motifs is 2. The molecule has 0 atom stereocenters. The summed E-state index contributed by atoms with van der Waals surface area (Å²) in [5.74, 6) is 0.775. The SMILES string of the molecule is C=C(Nc1cccc(-c2cccc(NC)c2C)c1Cl)c1nc2c(n1C)CCN(C)C2.CC.CCC.CCCN1CCc2c(nc(C=O)n2C)C1.O=C(O)C1CCCCC1. The van der Waals surface area contributed by atoms with Gasteiger partial charge in [0.25, 0.3) is 0 Å². The van der Waals surface area contributed by atoms with Crippen LogP contribution in [0.2, 0.25) is 5.02 Å². The summed E-state index contributed by atoms with van der Waals surface area (Å²) in [6.45, 7) is 21.8. The maximum Gasteiger partial charge on any atom is 0.306 e. The van der Waals surface area contributed by atoms with Gasteiger partial charge in [-0.1, -0.05) is 103 Å². The molecule has 4 heterocycles. The molecule has 0 amide bonds. The first kappa shape index (κ1) is 48.9. The van der Waals surface area contributed by atoms with E-state index < -0.39 is 5.97 Å². The zero-order valence-electron chi connectivity index (χ0n) is 37.6. The number of rotatable bonds is 9. The Balaban J connectivity index is 0.000000265. The number of carbonyl (C=O) groups is 2. The van der Waals surface area contributed by atoms with Gasteiger partial charge in [0.05, 0.1) is 33.7 Å². The van der Waals surface area contributed by atoms with Crippen molar-refractivity contribution < 1.29 is 14.7 Å². The Morgan fingerprint density at radius 1 is 0.898 bits per heavy atom. The number of carboxylic acid groups (broad SMARTS) is 1. The van der Waals surface area contributed by atoms with Gasteiger partial charge in [0.2, 0.25) is 0 Å². The topological polar surface area (TPSA) is 121 Å². The van der Waals surface area contributed by atoms with Crippen LogP contribution in [0.25, 0.3) is 16.8 Å². The Kier molecular flexibility index (Phi) is 20.4. The molecular formula is C47H71ClN8O3. The number of aliphatic carboxylic acids is 1. The molecule has 4 aromatic rings. The van der Waals surface area contributed by atoms with Crippen molar-refractivity contribution in [2.45, 2.75) is 112 Å². The summed E-state index contributed by atoms with van der Waals surface area (Å²) >= 11 is 6.84. The van der Waals surface area contributed by atoms with Crippen LogP contribution in [0.5, 0.6) is 0 Å². The summed E-state index contributed by atoms with van der Waals surface area (Å²) in [6.07, 6.45) is 10.5. The van der Waals surface area contributed by atoms with E-state index in [0.29, 0.717) is 10.8 Å². The molecule has 1 aliphatic carbocycles. The lowest BCUT2D eigenvalue weighted by Crippen LogP contribution is -2.31. The van der Waals surface area contributed by atoms with Gasteiger partial charge >= 0.3 is 5.97 Å².